The largest absolute Gasteiger partial charge is 0.506 e. The number of carbonyl (C=O) groups is 1. The second-order valence-electron chi connectivity index (χ2n) is 5.49. The lowest BCUT2D eigenvalue weighted by Gasteiger charge is -2.27. The summed E-state index contributed by atoms with van der Waals surface area (Å²) in [5, 5.41) is 18.9. The summed E-state index contributed by atoms with van der Waals surface area (Å²) in [4.78, 5) is 11.6. The van der Waals surface area contributed by atoms with Crippen LogP contribution in [0.15, 0.2) is 18.2 Å². The van der Waals surface area contributed by atoms with Crippen LogP contribution in [-0.2, 0) is 14.8 Å². The van der Waals surface area contributed by atoms with E-state index in [1.807, 2.05) is 0 Å². The summed E-state index contributed by atoms with van der Waals surface area (Å²) in [6, 6.07) is 3.81. The molecule has 2 atom stereocenters. The molecule has 2 rings (SSSR count). The predicted molar refractivity (Wildman–Crippen MR) is 84.9 cm³/mol. The first-order valence-electron chi connectivity index (χ1n) is 7.55. The van der Waals surface area contributed by atoms with Crippen LogP contribution in [0, 0.1) is 0 Å². The minimum absolute atomic E-state index is 0.0316. The van der Waals surface area contributed by atoms with E-state index < -0.39 is 27.3 Å². The van der Waals surface area contributed by atoms with E-state index in [2.05, 4.69) is 4.72 Å². The molecule has 0 bridgehead atoms. The third-order valence-corrected chi connectivity index (χ3v) is 5.68. The molecule has 0 spiro atoms. The number of phenolic OH excluding ortho intramolecular Hbond substituents is 1. The predicted octanol–water partition coefficient (Wildman–Crippen LogP) is 1.61. The number of sulfonamides is 1. The topological polar surface area (TPSA) is 113 Å². The van der Waals surface area contributed by atoms with Gasteiger partial charge in [-0.25, -0.2) is 13.2 Å². The highest BCUT2D eigenvalue weighted by Gasteiger charge is 2.34. The number of aliphatic hydroxyl groups excluding tert-OH is 1. The maximum atomic E-state index is 12.4. The number of rotatable bonds is 5. The first-order chi connectivity index (χ1) is 10.8. The Morgan fingerprint density at radius 3 is 2.65 bits per heavy atom. The molecule has 1 saturated carbocycles. The summed E-state index contributed by atoms with van der Waals surface area (Å²) in [5.41, 5.74) is 0.0980. The summed E-state index contributed by atoms with van der Waals surface area (Å²) in [7, 11) is -3.83. The van der Waals surface area contributed by atoms with Crippen molar-refractivity contribution < 1.29 is 28.2 Å². The number of phenols is 1. The van der Waals surface area contributed by atoms with E-state index in [1.165, 1.54) is 12.1 Å². The molecular formula is C15H21NO6S. The van der Waals surface area contributed by atoms with Gasteiger partial charge in [0, 0.05) is 0 Å². The van der Waals surface area contributed by atoms with Crippen LogP contribution < -0.4 is 4.72 Å². The average molecular weight is 343 g/mol. The highest BCUT2D eigenvalue weighted by atomic mass is 32.2. The smallest absolute Gasteiger partial charge is 0.338 e. The molecule has 3 N–H and O–H groups in total. The fourth-order valence-corrected chi connectivity index (χ4v) is 4.28. The molecule has 0 saturated heterocycles. The van der Waals surface area contributed by atoms with E-state index in [4.69, 9.17) is 4.74 Å². The molecule has 23 heavy (non-hydrogen) atoms. The van der Waals surface area contributed by atoms with E-state index in [9.17, 15) is 23.4 Å². The molecular weight excluding hydrogens is 322 g/mol. The van der Waals surface area contributed by atoms with E-state index in [0.29, 0.717) is 12.8 Å². The summed E-state index contributed by atoms with van der Waals surface area (Å²) >= 11 is 0. The Kier molecular flexibility index (Phi) is 5.48. The molecule has 1 aliphatic carbocycles. The Bertz CT molecular complexity index is 673. The number of nitrogens with one attached hydrogen (secondary N) is 1. The van der Waals surface area contributed by atoms with Gasteiger partial charge in [0.25, 0.3) is 0 Å². The maximum Gasteiger partial charge on any atom is 0.338 e. The second-order valence-corrected chi connectivity index (χ2v) is 7.39. The highest BCUT2D eigenvalue weighted by molar-refractivity contribution is 7.93. The summed E-state index contributed by atoms with van der Waals surface area (Å²) in [6.07, 6.45) is 1.43. The zero-order valence-corrected chi connectivity index (χ0v) is 13.7. The molecule has 0 amide bonds. The molecule has 0 heterocycles. The van der Waals surface area contributed by atoms with Crippen molar-refractivity contribution in [3.63, 3.8) is 0 Å². The second kappa shape index (κ2) is 7.18. The van der Waals surface area contributed by atoms with Crippen LogP contribution in [0.25, 0.3) is 0 Å². The van der Waals surface area contributed by atoms with Gasteiger partial charge in [-0.15, -0.1) is 0 Å². The van der Waals surface area contributed by atoms with Crippen molar-refractivity contribution >= 4 is 21.7 Å². The third kappa shape index (κ3) is 4.14. The van der Waals surface area contributed by atoms with Gasteiger partial charge in [-0.05, 0) is 38.0 Å². The van der Waals surface area contributed by atoms with Crippen molar-refractivity contribution in [3.8, 4) is 5.75 Å². The summed E-state index contributed by atoms with van der Waals surface area (Å²) in [5.74, 6) is -0.968. The SMILES string of the molecule is CCOC(=O)c1ccc(NS(=O)(=O)[C@H]2CCCC[C@H]2O)c(O)c1. The Morgan fingerprint density at radius 1 is 1.35 bits per heavy atom. The van der Waals surface area contributed by atoms with Crippen LogP contribution in [0.1, 0.15) is 43.0 Å². The van der Waals surface area contributed by atoms with Gasteiger partial charge in [-0.2, -0.15) is 0 Å². The minimum Gasteiger partial charge on any atom is -0.506 e. The molecule has 1 aromatic carbocycles. The van der Waals surface area contributed by atoms with Gasteiger partial charge < -0.3 is 14.9 Å². The normalized spacial score (nSPS) is 21.7. The monoisotopic (exact) mass is 343 g/mol. The van der Waals surface area contributed by atoms with Crippen molar-refractivity contribution in [2.75, 3.05) is 11.3 Å². The highest BCUT2D eigenvalue weighted by Crippen LogP contribution is 2.30. The van der Waals surface area contributed by atoms with Crippen molar-refractivity contribution in [1.82, 2.24) is 0 Å². The van der Waals surface area contributed by atoms with Gasteiger partial charge in [0.2, 0.25) is 10.0 Å². The number of hydrogen-bond acceptors (Lipinski definition) is 6. The van der Waals surface area contributed by atoms with E-state index in [0.717, 1.165) is 18.9 Å². The fourth-order valence-electron chi connectivity index (χ4n) is 2.63. The molecule has 0 aliphatic heterocycles. The van der Waals surface area contributed by atoms with Crippen LogP contribution in [0.2, 0.25) is 0 Å². The Labute approximate surface area is 135 Å². The van der Waals surface area contributed by atoms with Gasteiger partial charge in [-0.3, -0.25) is 4.72 Å². The van der Waals surface area contributed by atoms with Crippen LogP contribution in [0.5, 0.6) is 5.75 Å². The Morgan fingerprint density at radius 2 is 2.04 bits per heavy atom. The molecule has 128 valence electrons. The number of aromatic hydroxyl groups is 1. The summed E-state index contributed by atoms with van der Waals surface area (Å²) < 4.78 is 31.8. The lowest BCUT2D eigenvalue weighted by atomic mass is 9.97. The zero-order chi connectivity index (χ0) is 17.0. The van der Waals surface area contributed by atoms with Crippen LogP contribution >= 0.6 is 0 Å². The minimum atomic E-state index is -3.83. The third-order valence-electron chi connectivity index (χ3n) is 3.83. The molecule has 8 heteroatoms. The number of hydrogen-bond donors (Lipinski definition) is 3. The van der Waals surface area contributed by atoms with Crippen molar-refractivity contribution in [1.29, 1.82) is 0 Å². The molecule has 1 aliphatic rings. The number of ether oxygens (including phenoxy) is 1. The summed E-state index contributed by atoms with van der Waals surface area (Å²) in [6.45, 7) is 1.86. The van der Waals surface area contributed by atoms with Crippen LogP contribution in [0.3, 0.4) is 0 Å². The molecule has 7 nitrogen and oxygen atoms in total. The number of aliphatic hydroxyl groups is 1. The van der Waals surface area contributed by atoms with E-state index in [-0.39, 0.29) is 23.6 Å². The Balaban J connectivity index is 2.17. The van der Waals surface area contributed by atoms with Crippen LogP contribution in [0.4, 0.5) is 5.69 Å². The molecule has 1 aromatic rings. The molecule has 0 radical (unpaired) electrons. The maximum absolute atomic E-state index is 12.4. The standard InChI is InChI=1S/C15H21NO6S/c1-2-22-15(19)10-7-8-11(13(18)9-10)16-23(20,21)14-6-4-3-5-12(14)17/h7-9,12,14,16-18H,2-6H2,1H3/t12-,14+/m1/s1. The average Bonchev–Trinajstić information content (AvgIpc) is 2.49. The van der Waals surface area contributed by atoms with Crippen molar-refractivity contribution in [2.45, 2.75) is 44.0 Å². The van der Waals surface area contributed by atoms with Gasteiger partial charge in [0.15, 0.2) is 0 Å². The first-order valence-corrected chi connectivity index (χ1v) is 9.09. The molecule has 1 fully saturated rings. The lowest BCUT2D eigenvalue weighted by molar-refractivity contribution is 0.0526. The lowest BCUT2D eigenvalue weighted by Crippen LogP contribution is -2.40. The number of anilines is 1. The fraction of sp³-hybridized carbons (Fsp3) is 0.533. The Hall–Kier alpha value is -1.80. The van der Waals surface area contributed by atoms with Gasteiger partial charge in [0.1, 0.15) is 11.0 Å². The zero-order valence-electron chi connectivity index (χ0n) is 12.9. The first kappa shape index (κ1) is 17.6. The number of carbonyl (C=O) groups excluding carboxylic acids is 1. The molecule has 0 unspecified atom stereocenters. The van der Waals surface area contributed by atoms with E-state index in [1.54, 1.807) is 6.92 Å². The van der Waals surface area contributed by atoms with Gasteiger partial charge in [0.05, 0.1) is 24.0 Å². The van der Waals surface area contributed by atoms with Gasteiger partial charge in [-0.1, -0.05) is 12.8 Å². The van der Waals surface area contributed by atoms with Crippen molar-refractivity contribution in [3.05, 3.63) is 23.8 Å². The van der Waals surface area contributed by atoms with Gasteiger partial charge >= 0.3 is 5.97 Å². The van der Waals surface area contributed by atoms with Crippen molar-refractivity contribution in [2.24, 2.45) is 0 Å². The number of esters is 1. The molecule has 0 aromatic heterocycles. The van der Waals surface area contributed by atoms with E-state index >= 15 is 0 Å². The quantitative estimate of drug-likeness (QED) is 0.553. The number of benzene rings is 1. The van der Waals surface area contributed by atoms with Crippen LogP contribution in [-0.4, -0.2) is 42.6 Å².